The van der Waals surface area contributed by atoms with E-state index in [1.807, 2.05) is 23.0 Å². The molecule has 0 unspecified atom stereocenters. The van der Waals surface area contributed by atoms with Crippen LogP contribution < -0.4 is 5.46 Å². The van der Waals surface area contributed by atoms with E-state index in [0.717, 1.165) is 23.1 Å². The Balaban J connectivity index is 1.77. The standard InChI is InChI=1S/C19H31BN2O3Si/c1-18(2)19(3,4)25-20(24-18)15-9-8-10-16-17(15)21-13-22(16)14-23-11-12-26(5,6)7/h8-10,13H,11-12,14H2,1-7H3. The minimum Gasteiger partial charge on any atom is -0.399 e. The average molecular weight is 374 g/mol. The second-order valence-corrected chi connectivity index (χ2v) is 15.0. The van der Waals surface area contributed by atoms with Crippen LogP contribution in [0.15, 0.2) is 24.5 Å². The van der Waals surface area contributed by atoms with Gasteiger partial charge in [-0.3, -0.25) is 0 Å². The third kappa shape index (κ3) is 3.91. The number of ether oxygens (including phenoxy) is 1. The smallest absolute Gasteiger partial charge is 0.399 e. The zero-order valence-corrected chi connectivity index (χ0v) is 18.1. The van der Waals surface area contributed by atoms with Crippen LogP contribution in [-0.2, 0) is 20.8 Å². The van der Waals surface area contributed by atoms with E-state index in [4.69, 9.17) is 14.0 Å². The van der Waals surface area contributed by atoms with Gasteiger partial charge in [-0.05, 0) is 39.8 Å². The molecule has 0 saturated carbocycles. The van der Waals surface area contributed by atoms with E-state index < -0.39 is 15.2 Å². The van der Waals surface area contributed by atoms with Crippen LogP contribution in [0.2, 0.25) is 25.7 Å². The van der Waals surface area contributed by atoms with E-state index in [1.54, 1.807) is 0 Å². The van der Waals surface area contributed by atoms with E-state index in [9.17, 15) is 0 Å². The van der Waals surface area contributed by atoms with Gasteiger partial charge in [-0.15, -0.1) is 0 Å². The van der Waals surface area contributed by atoms with Crippen molar-refractivity contribution in [2.75, 3.05) is 6.61 Å². The maximum atomic E-state index is 6.21. The molecule has 1 fully saturated rings. The lowest BCUT2D eigenvalue weighted by molar-refractivity contribution is 0.00578. The molecule has 1 aliphatic heterocycles. The average Bonchev–Trinajstić information content (AvgIpc) is 3.01. The molecule has 7 heteroatoms. The first kappa shape index (κ1) is 19.6. The zero-order chi connectivity index (χ0) is 19.2. The topological polar surface area (TPSA) is 45.5 Å². The molecule has 0 radical (unpaired) electrons. The largest absolute Gasteiger partial charge is 0.497 e. The Kier molecular flexibility index (Phi) is 5.12. The minimum atomic E-state index is -1.07. The summed E-state index contributed by atoms with van der Waals surface area (Å²) in [5, 5.41) is 0. The third-order valence-electron chi connectivity index (χ3n) is 5.42. The SMILES string of the molecule is CC1(C)OB(c2cccc3c2ncn3COCC[Si](C)(C)C)OC1(C)C. The fraction of sp³-hybridized carbons (Fsp3) is 0.632. The van der Waals surface area contributed by atoms with Crippen LogP contribution in [0.5, 0.6) is 0 Å². The van der Waals surface area contributed by atoms with Gasteiger partial charge in [0.2, 0.25) is 0 Å². The van der Waals surface area contributed by atoms with Gasteiger partial charge in [-0.25, -0.2) is 4.98 Å². The highest BCUT2D eigenvalue weighted by Crippen LogP contribution is 2.36. The molecule has 142 valence electrons. The molecule has 1 aromatic heterocycles. The highest BCUT2D eigenvalue weighted by molar-refractivity contribution is 6.76. The molecule has 0 bridgehead atoms. The molecule has 1 aromatic carbocycles. The van der Waals surface area contributed by atoms with E-state index in [-0.39, 0.29) is 11.2 Å². The lowest BCUT2D eigenvalue weighted by Gasteiger charge is -2.32. The van der Waals surface area contributed by atoms with Crippen molar-refractivity contribution in [3.05, 3.63) is 24.5 Å². The molecule has 2 heterocycles. The lowest BCUT2D eigenvalue weighted by atomic mass is 9.78. The molecule has 1 aliphatic rings. The number of imidazole rings is 1. The first-order valence-electron chi connectivity index (χ1n) is 9.37. The van der Waals surface area contributed by atoms with Gasteiger partial charge in [0.15, 0.2) is 0 Å². The highest BCUT2D eigenvalue weighted by Gasteiger charge is 2.52. The van der Waals surface area contributed by atoms with Gasteiger partial charge in [0.25, 0.3) is 0 Å². The van der Waals surface area contributed by atoms with Crippen molar-refractivity contribution < 1.29 is 14.0 Å². The maximum absolute atomic E-state index is 6.21. The van der Waals surface area contributed by atoms with Crippen LogP contribution in [0.1, 0.15) is 27.7 Å². The summed E-state index contributed by atoms with van der Waals surface area (Å²) in [4.78, 5) is 4.62. The van der Waals surface area contributed by atoms with Crippen molar-refractivity contribution in [3.8, 4) is 0 Å². The van der Waals surface area contributed by atoms with Crippen LogP contribution in [-0.4, -0.2) is 42.6 Å². The Morgan fingerprint density at radius 2 is 1.77 bits per heavy atom. The fourth-order valence-electron chi connectivity index (χ4n) is 2.92. The van der Waals surface area contributed by atoms with E-state index in [0.29, 0.717) is 6.73 Å². The second kappa shape index (κ2) is 6.78. The van der Waals surface area contributed by atoms with Crippen LogP contribution in [0.4, 0.5) is 0 Å². The van der Waals surface area contributed by atoms with Gasteiger partial charge in [0.05, 0.1) is 28.6 Å². The molecule has 3 rings (SSSR count). The van der Waals surface area contributed by atoms with Crippen molar-refractivity contribution in [2.45, 2.75) is 71.3 Å². The van der Waals surface area contributed by atoms with Crippen molar-refractivity contribution in [1.82, 2.24) is 9.55 Å². The number of aromatic nitrogens is 2. The predicted molar refractivity (Wildman–Crippen MR) is 110 cm³/mol. The van der Waals surface area contributed by atoms with Crippen LogP contribution in [0.3, 0.4) is 0 Å². The first-order chi connectivity index (χ1) is 12.0. The lowest BCUT2D eigenvalue weighted by Crippen LogP contribution is -2.41. The number of hydrogen-bond donors (Lipinski definition) is 0. The molecule has 1 saturated heterocycles. The van der Waals surface area contributed by atoms with Crippen LogP contribution in [0.25, 0.3) is 11.0 Å². The zero-order valence-electron chi connectivity index (χ0n) is 17.1. The monoisotopic (exact) mass is 374 g/mol. The Morgan fingerprint density at radius 1 is 1.12 bits per heavy atom. The summed E-state index contributed by atoms with van der Waals surface area (Å²) in [7, 11) is -1.47. The van der Waals surface area contributed by atoms with E-state index in [2.05, 4.69) is 58.4 Å². The molecule has 26 heavy (non-hydrogen) atoms. The minimum absolute atomic E-state index is 0.359. The molecule has 5 nitrogen and oxygen atoms in total. The fourth-order valence-corrected chi connectivity index (χ4v) is 3.67. The normalized spacial score (nSPS) is 19.4. The third-order valence-corrected chi connectivity index (χ3v) is 7.12. The van der Waals surface area contributed by atoms with Crippen molar-refractivity contribution in [3.63, 3.8) is 0 Å². The predicted octanol–water partition coefficient (Wildman–Crippen LogP) is 3.65. The molecule has 0 spiro atoms. The number of fused-ring (bicyclic) bond motifs is 1. The van der Waals surface area contributed by atoms with Gasteiger partial charge in [-0.2, -0.15) is 0 Å². The van der Waals surface area contributed by atoms with Crippen LogP contribution in [0, 0.1) is 0 Å². The molecule has 0 amide bonds. The van der Waals surface area contributed by atoms with Gasteiger partial charge in [-0.1, -0.05) is 31.8 Å². The number of hydrogen-bond acceptors (Lipinski definition) is 4. The highest BCUT2D eigenvalue weighted by atomic mass is 28.3. The molecule has 0 aliphatic carbocycles. The summed E-state index contributed by atoms with van der Waals surface area (Å²) in [5.74, 6) is 0. The number of rotatable bonds is 6. The Labute approximate surface area is 158 Å². The summed E-state index contributed by atoms with van der Waals surface area (Å²) in [6.07, 6.45) is 1.84. The second-order valence-electron chi connectivity index (χ2n) is 9.37. The van der Waals surface area contributed by atoms with Gasteiger partial charge < -0.3 is 18.6 Å². The molecule has 2 aromatic rings. The maximum Gasteiger partial charge on any atom is 0.497 e. The van der Waals surface area contributed by atoms with Gasteiger partial charge in [0.1, 0.15) is 6.73 Å². The summed E-state index contributed by atoms with van der Waals surface area (Å²) < 4.78 is 20.3. The Morgan fingerprint density at radius 3 is 2.38 bits per heavy atom. The Bertz CT molecular complexity index is 767. The van der Waals surface area contributed by atoms with E-state index in [1.165, 1.54) is 6.04 Å². The van der Waals surface area contributed by atoms with Crippen molar-refractivity contribution >= 4 is 31.7 Å². The summed E-state index contributed by atoms with van der Waals surface area (Å²) in [6, 6.07) is 7.30. The quantitative estimate of drug-likeness (QED) is 0.572. The molecule has 0 atom stereocenters. The Hall–Kier alpha value is -1.15. The van der Waals surface area contributed by atoms with Crippen LogP contribution >= 0.6 is 0 Å². The van der Waals surface area contributed by atoms with Crippen molar-refractivity contribution in [2.24, 2.45) is 0 Å². The molecular formula is C19H31BN2O3Si. The number of para-hydroxylation sites is 1. The number of benzene rings is 1. The molecule has 0 N–H and O–H groups in total. The summed E-state index contributed by atoms with van der Waals surface area (Å²) >= 11 is 0. The molecular weight excluding hydrogens is 343 g/mol. The summed E-state index contributed by atoms with van der Waals surface area (Å²) in [6.45, 7) is 16.7. The first-order valence-corrected chi connectivity index (χ1v) is 13.1. The summed E-state index contributed by atoms with van der Waals surface area (Å²) in [5.41, 5.74) is 2.22. The van der Waals surface area contributed by atoms with E-state index >= 15 is 0 Å². The number of nitrogens with zero attached hydrogens (tertiary/aromatic N) is 2. The van der Waals surface area contributed by atoms with Gasteiger partial charge >= 0.3 is 7.12 Å². The van der Waals surface area contributed by atoms with Gasteiger partial charge in [0, 0.05) is 20.1 Å². The van der Waals surface area contributed by atoms with Crippen molar-refractivity contribution in [1.29, 1.82) is 0 Å².